The number of nitrogens with one attached hydrogen (secondary N) is 1. The fourth-order valence-electron chi connectivity index (χ4n) is 1.80. The second-order valence-corrected chi connectivity index (χ2v) is 3.83. The third-order valence-corrected chi connectivity index (χ3v) is 2.62. The normalized spacial score (nSPS) is 13.5. The average Bonchev–Trinajstić information content (AvgIpc) is 3.16. The first kappa shape index (κ1) is 9.43. The van der Waals surface area contributed by atoms with E-state index < -0.39 is 0 Å². The number of hydrogen-bond donors (Lipinski definition) is 1. The topological polar surface area (TPSA) is 28.3 Å². The van der Waals surface area contributed by atoms with Crippen LogP contribution in [-0.2, 0) is 4.74 Å². The molecule has 16 heavy (non-hydrogen) atoms. The molecule has 1 N–H and O–H groups in total. The lowest BCUT2D eigenvalue weighted by Crippen LogP contribution is -1.62. The third-order valence-electron chi connectivity index (χ3n) is 2.62. The molecule has 1 aliphatic rings. The summed E-state index contributed by atoms with van der Waals surface area (Å²) in [6.07, 6.45) is 0. The van der Waals surface area contributed by atoms with Crippen molar-refractivity contribution >= 4 is 21.8 Å². The molecule has 1 aliphatic heterocycles. The fraction of sp³-hybridized carbons (Fsp3) is 0.143. The number of benzene rings is 2. The van der Waals surface area contributed by atoms with E-state index in [0.717, 1.165) is 13.2 Å². The van der Waals surface area contributed by atoms with Gasteiger partial charge in [0.1, 0.15) is 0 Å². The van der Waals surface area contributed by atoms with Crippen molar-refractivity contribution in [2.45, 2.75) is 0 Å². The van der Waals surface area contributed by atoms with Crippen LogP contribution in [0, 0.1) is 0 Å². The molecule has 4 rings (SSSR count). The Hall–Kier alpha value is -1.80. The largest absolute Gasteiger partial charge is 0.377 e. The molecule has 2 nitrogen and oxygen atoms in total. The van der Waals surface area contributed by atoms with E-state index in [4.69, 9.17) is 0 Å². The van der Waals surface area contributed by atoms with Gasteiger partial charge < -0.3 is 9.72 Å². The number of epoxide rings is 1. The van der Waals surface area contributed by atoms with E-state index in [1.54, 1.807) is 0 Å². The van der Waals surface area contributed by atoms with Crippen LogP contribution < -0.4 is 0 Å². The smallest absolute Gasteiger partial charge is 0.0701 e. The maximum atomic E-state index is 4.50. The molecule has 0 radical (unpaired) electrons. The first-order chi connectivity index (χ1) is 7.95. The molecule has 3 aromatic rings. The highest BCUT2D eigenvalue weighted by atomic mass is 16.6. The van der Waals surface area contributed by atoms with Crippen molar-refractivity contribution in [2.75, 3.05) is 13.2 Å². The van der Waals surface area contributed by atoms with Crippen molar-refractivity contribution in [2.24, 2.45) is 0 Å². The molecule has 0 saturated carbocycles. The van der Waals surface area contributed by atoms with Gasteiger partial charge in [-0.2, -0.15) is 0 Å². The number of ether oxygens (including phenoxy) is 1. The molecule has 2 aromatic carbocycles. The first-order valence-electron chi connectivity index (χ1n) is 5.48. The molecule has 0 amide bonds. The zero-order chi connectivity index (χ0) is 10.8. The highest BCUT2D eigenvalue weighted by Gasteiger charge is 2.00. The van der Waals surface area contributed by atoms with Crippen LogP contribution in [0.25, 0.3) is 21.8 Å². The van der Waals surface area contributed by atoms with E-state index in [1.165, 1.54) is 21.8 Å². The summed E-state index contributed by atoms with van der Waals surface area (Å²) in [5.41, 5.74) is 2.42. The van der Waals surface area contributed by atoms with E-state index in [0.29, 0.717) is 0 Å². The van der Waals surface area contributed by atoms with Crippen LogP contribution in [0.4, 0.5) is 0 Å². The Kier molecular flexibility index (Phi) is 2.35. The molecule has 2 heterocycles. The molecule has 1 fully saturated rings. The summed E-state index contributed by atoms with van der Waals surface area (Å²) in [4.78, 5) is 3.38. The summed E-state index contributed by atoms with van der Waals surface area (Å²) in [6, 6.07) is 16.8. The van der Waals surface area contributed by atoms with Crippen LogP contribution in [0.1, 0.15) is 0 Å². The van der Waals surface area contributed by atoms with Crippen molar-refractivity contribution in [3.05, 3.63) is 48.5 Å². The Morgan fingerprint density at radius 2 is 1.19 bits per heavy atom. The summed E-state index contributed by atoms with van der Waals surface area (Å²) in [7, 11) is 0. The van der Waals surface area contributed by atoms with Crippen molar-refractivity contribution in [1.82, 2.24) is 4.98 Å². The predicted octanol–water partition coefficient (Wildman–Crippen LogP) is 3.34. The van der Waals surface area contributed by atoms with Gasteiger partial charge >= 0.3 is 0 Å². The SMILES string of the molecule is C1CO1.c1ccc2c(c1)[nH]c1ccccc12. The summed E-state index contributed by atoms with van der Waals surface area (Å²) >= 11 is 0. The van der Waals surface area contributed by atoms with Crippen molar-refractivity contribution in [3.8, 4) is 0 Å². The molecule has 2 heteroatoms. The van der Waals surface area contributed by atoms with Crippen LogP contribution >= 0.6 is 0 Å². The van der Waals surface area contributed by atoms with Crippen molar-refractivity contribution in [3.63, 3.8) is 0 Å². The van der Waals surface area contributed by atoms with Crippen molar-refractivity contribution in [1.29, 1.82) is 0 Å². The first-order valence-corrected chi connectivity index (χ1v) is 5.48. The summed E-state index contributed by atoms with van der Waals surface area (Å²) in [5.74, 6) is 0. The van der Waals surface area contributed by atoms with Gasteiger partial charge in [0.2, 0.25) is 0 Å². The highest BCUT2D eigenvalue weighted by Crippen LogP contribution is 2.24. The lowest BCUT2D eigenvalue weighted by atomic mass is 10.2. The minimum absolute atomic E-state index is 1.00. The maximum absolute atomic E-state index is 4.50. The maximum Gasteiger partial charge on any atom is 0.0701 e. The number of para-hydroxylation sites is 2. The number of fused-ring (bicyclic) bond motifs is 3. The number of hydrogen-bond acceptors (Lipinski definition) is 1. The number of rotatable bonds is 0. The van der Waals surface area contributed by atoms with Crippen molar-refractivity contribution < 1.29 is 4.74 Å². The summed E-state index contributed by atoms with van der Waals surface area (Å²) < 4.78 is 4.50. The zero-order valence-electron chi connectivity index (χ0n) is 8.94. The summed E-state index contributed by atoms with van der Waals surface area (Å²) in [6.45, 7) is 2.00. The van der Waals surface area contributed by atoms with E-state index >= 15 is 0 Å². The van der Waals surface area contributed by atoms with Crippen LogP contribution in [0.5, 0.6) is 0 Å². The van der Waals surface area contributed by atoms with Gasteiger partial charge in [-0.05, 0) is 12.1 Å². The lowest BCUT2D eigenvalue weighted by Gasteiger charge is -1.87. The highest BCUT2D eigenvalue weighted by molar-refractivity contribution is 6.06. The number of aromatic nitrogens is 1. The Balaban J connectivity index is 0.000000235. The van der Waals surface area contributed by atoms with Gasteiger partial charge in [-0.3, -0.25) is 0 Å². The van der Waals surface area contributed by atoms with Gasteiger partial charge in [0.05, 0.1) is 13.2 Å². The molecule has 1 aromatic heterocycles. The molecule has 0 aliphatic carbocycles. The summed E-state index contributed by atoms with van der Waals surface area (Å²) in [5, 5.41) is 2.61. The second-order valence-electron chi connectivity index (χ2n) is 3.83. The van der Waals surface area contributed by atoms with Gasteiger partial charge in [0.15, 0.2) is 0 Å². The number of aromatic amines is 1. The lowest BCUT2D eigenvalue weighted by molar-refractivity contribution is 0.475. The molecule has 1 saturated heterocycles. The average molecular weight is 211 g/mol. The molecule has 0 unspecified atom stereocenters. The monoisotopic (exact) mass is 211 g/mol. The second kappa shape index (κ2) is 3.99. The molecule has 0 atom stereocenters. The molecular formula is C14H13NO. The molecule has 0 bridgehead atoms. The van der Waals surface area contributed by atoms with E-state index in [2.05, 4.69) is 58.3 Å². The molecular weight excluding hydrogens is 198 g/mol. The molecule has 80 valence electrons. The molecule has 0 spiro atoms. The van der Waals surface area contributed by atoms with E-state index in [1.807, 2.05) is 0 Å². The Morgan fingerprint density at radius 1 is 0.750 bits per heavy atom. The van der Waals surface area contributed by atoms with Gasteiger partial charge in [-0.1, -0.05) is 36.4 Å². The van der Waals surface area contributed by atoms with Gasteiger partial charge in [0, 0.05) is 21.8 Å². The third kappa shape index (κ3) is 1.79. The fourth-order valence-corrected chi connectivity index (χ4v) is 1.80. The van der Waals surface area contributed by atoms with Gasteiger partial charge in [0.25, 0.3) is 0 Å². The van der Waals surface area contributed by atoms with Crippen LogP contribution in [0.15, 0.2) is 48.5 Å². The Bertz CT molecular complexity index is 557. The van der Waals surface area contributed by atoms with Gasteiger partial charge in [-0.15, -0.1) is 0 Å². The van der Waals surface area contributed by atoms with E-state index in [-0.39, 0.29) is 0 Å². The van der Waals surface area contributed by atoms with Gasteiger partial charge in [-0.25, -0.2) is 0 Å². The quantitative estimate of drug-likeness (QED) is 0.567. The zero-order valence-corrected chi connectivity index (χ0v) is 8.94. The van der Waals surface area contributed by atoms with Crippen LogP contribution in [0.3, 0.4) is 0 Å². The predicted molar refractivity (Wildman–Crippen MR) is 66.6 cm³/mol. The van der Waals surface area contributed by atoms with Crippen LogP contribution in [-0.4, -0.2) is 18.2 Å². The minimum Gasteiger partial charge on any atom is -0.377 e. The Morgan fingerprint density at radius 3 is 1.62 bits per heavy atom. The van der Waals surface area contributed by atoms with Crippen LogP contribution in [0.2, 0.25) is 0 Å². The minimum atomic E-state index is 1.00. The van der Waals surface area contributed by atoms with E-state index in [9.17, 15) is 0 Å². The number of H-pyrrole nitrogens is 1. The standard InChI is InChI=1S/C12H9N.C2H4O/c1-3-7-11-9(5-1)10-6-2-4-8-12(10)13-11;1-2-3-1/h1-8,13H;1-2H2. The Labute approximate surface area is 93.8 Å².